The second-order valence-corrected chi connectivity index (χ2v) is 9.13. The van der Waals surface area contributed by atoms with Crippen molar-refractivity contribution in [3.8, 4) is 0 Å². The number of nitrogens with zero attached hydrogens (tertiary/aromatic N) is 3. The summed E-state index contributed by atoms with van der Waals surface area (Å²) in [5.41, 5.74) is 3.06. The Morgan fingerprint density at radius 2 is 2.07 bits per heavy atom. The highest BCUT2D eigenvalue weighted by Gasteiger charge is 2.53. The molecule has 2 fully saturated rings. The zero-order chi connectivity index (χ0) is 20.2. The number of anilines is 1. The van der Waals surface area contributed by atoms with Crippen LogP contribution in [0.1, 0.15) is 40.9 Å². The maximum atomic E-state index is 12.7. The number of aryl methyl sites for hydroxylation is 2. The van der Waals surface area contributed by atoms with Crippen LogP contribution in [0.15, 0.2) is 24.4 Å². The second-order valence-electron chi connectivity index (χ2n) is 8.69. The molecule has 2 aromatic rings. The monoisotopic (exact) mass is 415 g/mol. The number of hydrogen-bond acceptors (Lipinski definition) is 5. The first kappa shape index (κ1) is 18.9. The molecule has 1 atom stereocenters. The van der Waals surface area contributed by atoms with Crippen LogP contribution in [0.3, 0.4) is 0 Å². The lowest BCUT2D eigenvalue weighted by atomic mass is 9.84. The molecule has 5 rings (SSSR count). The number of carbonyl (C=O) groups excluding carboxylic acids is 1. The van der Waals surface area contributed by atoms with Crippen LogP contribution >= 0.6 is 11.6 Å². The van der Waals surface area contributed by atoms with Gasteiger partial charge in [-0.3, -0.25) is 14.4 Å². The molecule has 0 bridgehead atoms. The van der Waals surface area contributed by atoms with Crippen LogP contribution in [0, 0.1) is 6.92 Å². The van der Waals surface area contributed by atoms with Gasteiger partial charge in [0, 0.05) is 55.6 Å². The van der Waals surface area contributed by atoms with Gasteiger partial charge in [0.1, 0.15) is 5.66 Å². The third-order valence-electron chi connectivity index (χ3n) is 6.48. The van der Waals surface area contributed by atoms with E-state index in [-0.39, 0.29) is 11.5 Å². The molecule has 1 unspecified atom stereocenters. The van der Waals surface area contributed by atoms with Crippen LogP contribution in [0.4, 0.5) is 5.69 Å². The van der Waals surface area contributed by atoms with Crippen molar-refractivity contribution in [2.45, 2.75) is 44.0 Å². The molecule has 154 valence electrons. The quantitative estimate of drug-likeness (QED) is 0.789. The molecular formula is C21H26ClN5O2. The molecule has 2 spiro atoms. The lowest BCUT2D eigenvalue weighted by molar-refractivity contribution is -0.0452. The summed E-state index contributed by atoms with van der Waals surface area (Å²) in [6.07, 6.45) is 4.79. The third kappa shape index (κ3) is 3.41. The van der Waals surface area contributed by atoms with E-state index in [1.807, 2.05) is 23.9 Å². The predicted molar refractivity (Wildman–Crippen MR) is 111 cm³/mol. The average molecular weight is 416 g/mol. The Morgan fingerprint density at radius 3 is 2.79 bits per heavy atom. The number of piperidine rings is 1. The maximum Gasteiger partial charge on any atom is 0.255 e. The molecule has 3 aliphatic rings. The first-order valence-corrected chi connectivity index (χ1v) is 10.5. The Balaban J connectivity index is 1.26. The SMILES string of the molecule is Cc1nn(C)cc1CN1CCC2(CC1)CC1(CO2)NC(=O)c2cc(Cl)ccc2N1. The van der Waals surface area contributed by atoms with E-state index >= 15 is 0 Å². The number of nitrogens with one attached hydrogen (secondary N) is 2. The zero-order valence-electron chi connectivity index (χ0n) is 16.8. The van der Waals surface area contributed by atoms with E-state index in [1.54, 1.807) is 6.07 Å². The van der Waals surface area contributed by atoms with Crippen molar-refractivity contribution in [1.82, 2.24) is 20.0 Å². The fourth-order valence-electron chi connectivity index (χ4n) is 4.96. The van der Waals surface area contributed by atoms with Gasteiger partial charge in [0.2, 0.25) is 0 Å². The normalized spacial score (nSPS) is 25.8. The van der Waals surface area contributed by atoms with Gasteiger partial charge in [0.15, 0.2) is 0 Å². The van der Waals surface area contributed by atoms with Crippen molar-refractivity contribution in [2.75, 3.05) is 25.0 Å². The summed E-state index contributed by atoms with van der Waals surface area (Å²) in [5.74, 6) is -0.0913. The fourth-order valence-corrected chi connectivity index (χ4v) is 5.13. The van der Waals surface area contributed by atoms with Gasteiger partial charge in [0.25, 0.3) is 5.91 Å². The van der Waals surface area contributed by atoms with E-state index in [0.29, 0.717) is 17.2 Å². The van der Waals surface area contributed by atoms with Crippen molar-refractivity contribution in [3.63, 3.8) is 0 Å². The number of carbonyl (C=O) groups is 1. The number of rotatable bonds is 2. The van der Waals surface area contributed by atoms with E-state index < -0.39 is 5.66 Å². The van der Waals surface area contributed by atoms with Gasteiger partial charge in [-0.25, -0.2) is 0 Å². The number of benzene rings is 1. The molecule has 29 heavy (non-hydrogen) atoms. The number of likely N-dealkylation sites (tertiary alicyclic amines) is 1. The molecule has 1 aromatic heterocycles. The molecule has 1 aromatic carbocycles. The highest BCUT2D eigenvalue weighted by atomic mass is 35.5. The van der Waals surface area contributed by atoms with Gasteiger partial charge >= 0.3 is 0 Å². The highest BCUT2D eigenvalue weighted by Crippen LogP contribution is 2.43. The van der Waals surface area contributed by atoms with Gasteiger partial charge in [-0.05, 0) is 38.0 Å². The summed E-state index contributed by atoms with van der Waals surface area (Å²) < 4.78 is 8.22. The van der Waals surface area contributed by atoms with Crippen molar-refractivity contribution in [1.29, 1.82) is 0 Å². The highest BCUT2D eigenvalue weighted by molar-refractivity contribution is 6.31. The predicted octanol–water partition coefficient (Wildman–Crippen LogP) is 2.69. The van der Waals surface area contributed by atoms with E-state index in [9.17, 15) is 4.79 Å². The Morgan fingerprint density at radius 1 is 1.28 bits per heavy atom. The largest absolute Gasteiger partial charge is 0.370 e. The summed E-state index contributed by atoms with van der Waals surface area (Å²) in [5, 5.41) is 11.7. The van der Waals surface area contributed by atoms with E-state index in [0.717, 1.165) is 50.3 Å². The van der Waals surface area contributed by atoms with Gasteiger partial charge in [0.05, 0.1) is 23.5 Å². The van der Waals surface area contributed by atoms with Crippen LogP contribution < -0.4 is 10.6 Å². The molecule has 0 radical (unpaired) electrons. The van der Waals surface area contributed by atoms with Gasteiger partial charge in [-0.15, -0.1) is 0 Å². The molecule has 8 heteroatoms. The van der Waals surface area contributed by atoms with Gasteiger partial charge in [-0.2, -0.15) is 5.10 Å². The summed E-state index contributed by atoms with van der Waals surface area (Å²) >= 11 is 6.05. The Hall–Kier alpha value is -2.09. The van der Waals surface area contributed by atoms with Crippen molar-refractivity contribution >= 4 is 23.2 Å². The minimum atomic E-state index is -0.542. The van der Waals surface area contributed by atoms with Crippen LogP contribution in [-0.4, -0.2) is 51.5 Å². The topological polar surface area (TPSA) is 71.4 Å². The number of halogens is 1. The molecule has 0 aliphatic carbocycles. The van der Waals surface area contributed by atoms with Crippen LogP contribution in [0.5, 0.6) is 0 Å². The van der Waals surface area contributed by atoms with E-state index in [4.69, 9.17) is 16.3 Å². The molecular weight excluding hydrogens is 390 g/mol. The molecule has 0 saturated carbocycles. The first-order chi connectivity index (χ1) is 13.9. The van der Waals surface area contributed by atoms with Crippen molar-refractivity contribution in [3.05, 3.63) is 46.2 Å². The van der Waals surface area contributed by atoms with Crippen molar-refractivity contribution in [2.24, 2.45) is 7.05 Å². The van der Waals surface area contributed by atoms with Gasteiger partial charge in [-0.1, -0.05) is 11.6 Å². The Bertz CT molecular complexity index is 966. The standard InChI is InChI=1S/C21H26ClN5O2/c1-14-15(10-26(2)25-14)11-27-7-5-20(6-8-27)12-21(13-29-20)23-18-4-3-16(22)9-17(18)19(28)24-21/h3-4,9-10,23H,5-8,11-13H2,1-2H3,(H,24,28). The molecule has 1 amide bonds. The van der Waals surface area contributed by atoms with E-state index in [1.165, 1.54) is 5.56 Å². The fraction of sp³-hybridized carbons (Fsp3) is 0.524. The summed E-state index contributed by atoms with van der Waals surface area (Å²) in [7, 11) is 1.96. The third-order valence-corrected chi connectivity index (χ3v) is 6.71. The average Bonchev–Trinajstić information content (AvgIpc) is 3.17. The number of ether oxygens (including phenoxy) is 1. The van der Waals surface area contributed by atoms with Gasteiger partial charge < -0.3 is 15.4 Å². The molecule has 2 N–H and O–H groups in total. The molecule has 2 saturated heterocycles. The molecule has 7 nitrogen and oxygen atoms in total. The van der Waals surface area contributed by atoms with Crippen molar-refractivity contribution < 1.29 is 9.53 Å². The second kappa shape index (κ2) is 6.72. The lowest BCUT2D eigenvalue weighted by Crippen LogP contribution is -2.59. The Labute approximate surface area is 175 Å². The minimum Gasteiger partial charge on any atom is -0.370 e. The Kier molecular flexibility index (Phi) is 4.38. The summed E-state index contributed by atoms with van der Waals surface area (Å²) in [6.45, 7) is 5.41. The van der Waals surface area contributed by atoms with Crippen LogP contribution in [0.2, 0.25) is 5.02 Å². The molecule has 4 heterocycles. The smallest absolute Gasteiger partial charge is 0.255 e. The molecule has 3 aliphatic heterocycles. The summed E-state index contributed by atoms with van der Waals surface area (Å²) in [6, 6.07) is 5.39. The number of fused-ring (bicyclic) bond motifs is 1. The first-order valence-electron chi connectivity index (χ1n) is 10.1. The van der Waals surface area contributed by atoms with E-state index in [2.05, 4.69) is 33.8 Å². The number of hydrogen-bond donors (Lipinski definition) is 2. The van der Waals surface area contributed by atoms with Crippen LogP contribution in [-0.2, 0) is 18.3 Å². The number of amides is 1. The number of aromatic nitrogens is 2. The summed E-state index contributed by atoms with van der Waals surface area (Å²) in [4.78, 5) is 15.1. The lowest BCUT2D eigenvalue weighted by Gasteiger charge is -2.41. The minimum absolute atomic E-state index is 0.0913. The van der Waals surface area contributed by atoms with Crippen LogP contribution in [0.25, 0.3) is 0 Å². The zero-order valence-corrected chi connectivity index (χ0v) is 17.6. The maximum absolute atomic E-state index is 12.7.